The van der Waals surface area contributed by atoms with E-state index in [1.54, 1.807) is 18.0 Å². The number of halogens is 1. The normalized spacial score (nSPS) is 18.3. The third-order valence-corrected chi connectivity index (χ3v) is 5.66. The van der Waals surface area contributed by atoms with Gasteiger partial charge in [-0.25, -0.2) is 0 Å². The molecule has 1 aromatic carbocycles. The number of benzene rings is 1. The second-order valence-electron chi connectivity index (χ2n) is 5.05. The van der Waals surface area contributed by atoms with E-state index < -0.39 is 0 Å². The summed E-state index contributed by atoms with van der Waals surface area (Å²) in [6.07, 6.45) is 3.60. The third-order valence-electron chi connectivity index (χ3n) is 3.51. The van der Waals surface area contributed by atoms with Gasteiger partial charge in [0.25, 0.3) is 0 Å². The van der Waals surface area contributed by atoms with Crippen LogP contribution >= 0.6 is 27.7 Å². The molecule has 0 spiro atoms. The Morgan fingerprint density at radius 3 is 3.00 bits per heavy atom. The van der Waals surface area contributed by atoms with Crippen LogP contribution in [0.15, 0.2) is 47.2 Å². The highest BCUT2D eigenvalue weighted by atomic mass is 79.9. The van der Waals surface area contributed by atoms with Crippen LogP contribution in [-0.2, 0) is 11.3 Å². The summed E-state index contributed by atoms with van der Waals surface area (Å²) in [4.78, 5) is 18.3. The summed E-state index contributed by atoms with van der Waals surface area (Å²) < 4.78 is 1.09. The van der Waals surface area contributed by atoms with Gasteiger partial charge in [-0.15, -0.1) is 11.8 Å². The second kappa shape index (κ2) is 6.20. The molecule has 1 aliphatic rings. The van der Waals surface area contributed by atoms with Crippen LogP contribution in [-0.4, -0.2) is 21.5 Å². The summed E-state index contributed by atoms with van der Waals surface area (Å²) in [6, 6.07) is 10.2. The van der Waals surface area contributed by atoms with Crippen molar-refractivity contribution in [2.75, 3.05) is 5.75 Å². The number of rotatable bonds is 3. The van der Waals surface area contributed by atoms with Crippen LogP contribution in [0.5, 0.6) is 0 Å². The maximum absolute atomic E-state index is 12.2. The molecule has 0 N–H and O–H groups in total. The largest absolute Gasteiger partial charge is 0.321 e. The average Bonchev–Trinajstić information content (AvgIpc) is 2.85. The molecule has 0 radical (unpaired) electrons. The first kappa shape index (κ1) is 14.6. The SMILES string of the molecule is Cc1cc(CN2C(=O)CSC2c2cccnc2)ccc1Br. The van der Waals surface area contributed by atoms with Crippen molar-refractivity contribution in [3.05, 3.63) is 63.9 Å². The van der Waals surface area contributed by atoms with Gasteiger partial charge in [0.15, 0.2) is 0 Å². The summed E-state index contributed by atoms with van der Waals surface area (Å²) in [5.74, 6) is 0.726. The van der Waals surface area contributed by atoms with Crippen LogP contribution in [0.1, 0.15) is 22.1 Å². The zero-order valence-corrected chi connectivity index (χ0v) is 14.0. The van der Waals surface area contributed by atoms with Gasteiger partial charge < -0.3 is 4.90 Å². The molecule has 1 atom stereocenters. The minimum atomic E-state index is 0.0650. The summed E-state index contributed by atoms with van der Waals surface area (Å²) in [6.45, 7) is 2.70. The second-order valence-corrected chi connectivity index (χ2v) is 6.98. The number of hydrogen-bond acceptors (Lipinski definition) is 3. The Morgan fingerprint density at radius 2 is 2.29 bits per heavy atom. The number of thioether (sulfide) groups is 1. The maximum atomic E-state index is 12.2. The lowest BCUT2D eigenvalue weighted by molar-refractivity contribution is -0.128. The number of aryl methyl sites for hydroxylation is 1. The number of pyridine rings is 1. The topological polar surface area (TPSA) is 33.2 Å². The van der Waals surface area contributed by atoms with Gasteiger partial charge in [0.2, 0.25) is 5.91 Å². The molecule has 3 nitrogen and oxygen atoms in total. The van der Waals surface area contributed by atoms with Crippen LogP contribution in [0, 0.1) is 6.92 Å². The molecule has 1 amide bonds. The van der Waals surface area contributed by atoms with Gasteiger partial charge in [-0.1, -0.05) is 34.1 Å². The number of carbonyl (C=O) groups excluding carboxylic acids is 1. The number of nitrogens with zero attached hydrogens (tertiary/aromatic N) is 2. The van der Waals surface area contributed by atoms with Crippen LogP contribution in [0.4, 0.5) is 0 Å². The van der Waals surface area contributed by atoms with Crippen molar-refractivity contribution in [3.63, 3.8) is 0 Å². The lowest BCUT2D eigenvalue weighted by Gasteiger charge is -2.24. The van der Waals surface area contributed by atoms with Crippen LogP contribution < -0.4 is 0 Å². The van der Waals surface area contributed by atoms with Gasteiger partial charge in [0, 0.05) is 29.0 Å². The van der Waals surface area contributed by atoms with E-state index in [0.29, 0.717) is 12.3 Å². The van der Waals surface area contributed by atoms with Crippen LogP contribution in [0.25, 0.3) is 0 Å². The monoisotopic (exact) mass is 362 g/mol. The Bertz CT molecular complexity index is 663. The fraction of sp³-hybridized carbons (Fsp3) is 0.250. The highest BCUT2D eigenvalue weighted by Crippen LogP contribution is 2.39. The van der Waals surface area contributed by atoms with E-state index >= 15 is 0 Å². The van der Waals surface area contributed by atoms with Crippen molar-refractivity contribution < 1.29 is 4.79 Å². The van der Waals surface area contributed by atoms with Crippen molar-refractivity contribution in [1.82, 2.24) is 9.88 Å². The van der Waals surface area contributed by atoms with Gasteiger partial charge in [-0.3, -0.25) is 9.78 Å². The molecule has 108 valence electrons. The first-order valence-corrected chi connectivity index (χ1v) is 8.55. The van der Waals surface area contributed by atoms with Gasteiger partial charge in [-0.2, -0.15) is 0 Å². The summed E-state index contributed by atoms with van der Waals surface area (Å²) in [7, 11) is 0. The molecular weight excluding hydrogens is 348 g/mol. The standard InChI is InChI=1S/C16H15BrN2OS/c1-11-7-12(4-5-14(11)17)9-19-15(20)10-21-16(19)13-3-2-6-18-8-13/h2-8,16H,9-10H2,1H3. The van der Waals surface area contributed by atoms with E-state index in [0.717, 1.165) is 15.6 Å². The zero-order valence-electron chi connectivity index (χ0n) is 11.6. The first-order valence-electron chi connectivity index (χ1n) is 6.71. The Hall–Kier alpha value is -1.33. The van der Waals surface area contributed by atoms with Gasteiger partial charge in [-0.05, 0) is 30.2 Å². The Labute approximate surface area is 136 Å². The molecule has 1 aromatic heterocycles. The fourth-order valence-electron chi connectivity index (χ4n) is 2.43. The summed E-state index contributed by atoms with van der Waals surface area (Å²) in [5.41, 5.74) is 3.42. The lowest BCUT2D eigenvalue weighted by Crippen LogP contribution is -2.27. The molecule has 5 heteroatoms. The van der Waals surface area contributed by atoms with Gasteiger partial charge in [0.1, 0.15) is 5.37 Å². The Balaban J connectivity index is 1.84. The smallest absolute Gasteiger partial charge is 0.234 e. The molecule has 2 aromatic rings. The third kappa shape index (κ3) is 3.14. The van der Waals surface area contributed by atoms with E-state index in [-0.39, 0.29) is 11.3 Å². The zero-order chi connectivity index (χ0) is 14.8. The van der Waals surface area contributed by atoms with E-state index in [9.17, 15) is 4.79 Å². The molecule has 0 bridgehead atoms. The van der Waals surface area contributed by atoms with E-state index in [4.69, 9.17) is 0 Å². The quantitative estimate of drug-likeness (QED) is 0.829. The minimum Gasteiger partial charge on any atom is -0.321 e. The van der Waals surface area contributed by atoms with E-state index in [2.05, 4.69) is 40.0 Å². The van der Waals surface area contributed by atoms with Gasteiger partial charge in [0.05, 0.1) is 5.75 Å². The van der Waals surface area contributed by atoms with Crippen molar-refractivity contribution in [2.45, 2.75) is 18.8 Å². The molecule has 0 aliphatic carbocycles. The lowest BCUT2D eigenvalue weighted by atomic mass is 10.1. The highest BCUT2D eigenvalue weighted by molar-refractivity contribution is 9.10. The molecule has 1 unspecified atom stereocenters. The number of carbonyl (C=O) groups is 1. The van der Waals surface area contributed by atoms with Crippen molar-refractivity contribution in [1.29, 1.82) is 0 Å². The predicted octanol–water partition coefficient (Wildman–Crippen LogP) is 3.93. The highest BCUT2D eigenvalue weighted by Gasteiger charge is 2.32. The molecule has 1 fully saturated rings. The molecular formula is C16H15BrN2OS. The van der Waals surface area contributed by atoms with Crippen LogP contribution in [0.2, 0.25) is 0 Å². The molecule has 1 aliphatic heterocycles. The average molecular weight is 363 g/mol. The molecule has 0 saturated carbocycles. The number of amides is 1. The maximum Gasteiger partial charge on any atom is 0.234 e. The van der Waals surface area contributed by atoms with Crippen molar-refractivity contribution >= 4 is 33.6 Å². The first-order chi connectivity index (χ1) is 10.1. The van der Waals surface area contributed by atoms with Crippen molar-refractivity contribution in [2.24, 2.45) is 0 Å². The molecule has 1 saturated heterocycles. The van der Waals surface area contributed by atoms with Gasteiger partial charge >= 0.3 is 0 Å². The van der Waals surface area contributed by atoms with Crippen molar-refractivity contribution in [3.8, 4) is 0 Å². The molecule has 2 heterocycles. The Kier molecular flexibility index (Phi) is 4.31. The summed E-state index contributed by atoms with van der Waals surface area (Å²) >= 11 is 5.17. The van der Waals surface area contributed by atoms with E-state index in [1.807, 2.05) is 29.3 Å². The van der Waals surface area contributed by atoms with Crippen LogP contribution in [0.3, 0.4) is 0 Å². The predicted molar refractivity (Wildman–Crippen MR) is 88.9 cm³/mol. The summed E-state index contributed by atoms with van der Waals surface area (Å²) in [5, 5.41) is 0.0650. The number of aromatic nitrogens is 1. The minimum absolute atomic E-state index is 0.0650. The van der Waals surface area contributed by atoms with E-state index in [1.165, 1.54) is 5.56 Å². The fourth-order valence-corrected chi connectivity index (χ4v) is 3.84. The molecule has 3 rings (SSSR count). The Morgan fingerprint density at radius 1 is 1.43 bits per heavy atom. The molecule has 21 heavy (non-hydrogen) atoms. The number of hydrogen-bond donors (Lipinski definition) is 0.